The Bertz CT molecular complexity index is 1140. The number of sulfonamides is 1. The molecule has 3 aromatic rings. The van der Waals surface area contributed by atoms with Crippen LogP contribution in [0.3, 0.4) is 0 Å². The van der Waals surface area contributed by atoms with E-state index in [1.54, 1.807) is 19.1 Å². The smallest absolute Gasteiger partial charge is 0.265 e. The van der Waals surface area contributed by atoms with E-state index >= 15 is 0 Å². The molecule has 1 amide bonds. The molecule has 1 atom stereocenters. The molecule has 3 rings (SSSR count). The number of hydrogen-bond donors (Lipinski definition) is 2. The summed E-state index contributed by atoms with van der Waals surface area (Å²) >= 11 is 3.44. The van der Waals surface area contributed by atoms with Crippen LogP contribution in [0.5, 0.6) is 5.75 Å². The van der Waals surface area contributed by atoms with E-state index in [2.05, 4.69) is 26.0 Å². The highest BCUT2D eigenvalue weighted by Gasteiger charge is 2.19. The number of rotatable bonds is 8. The summed E-state index contributed by atoms with van der Waals surface area (Å²) in [5.74, 6) is 0.834. The lowest BCUT2D eigenvalue weighted by Crippen LogP contribution is -2.30. The Hall–Kier alpha value is -2.62. The van der Waals surface area contributed by atoms with Gasteiger partial charge in [0.25, 0.3) is 5.91 Å². The van der Waals surface area contributed by atoms with Gasteiger partial charge in [-0.2, -0.15) is 0 Å². The molecule has 2 N–H and O–H groups in total. The number of carbonyl (C=O) groups is 1. The summed E-state index contributed by atoms with van der Waals surface area (Å²) in [5, 5.41) is 2.74. The van der Waals surface area contributed by atoms with Gasteiger partial charge >= 0.3 is 0 Å². The Kier molecular flexibility index (Phi) is 7.19. The van der Waals surface area contributed by atoms with E-state index in [1.807, 2.05) is 26.0 Å². The zero-order valence-electron chi connectivity index (χ0n) is 17.3. The number of ether oxygens (including phenoxy) is 1. The van der Waals surface area contributed by atoms with Crippen molar-refractivity contribution in [1.82, 2.24) is 4.72 Å². The molecular formula is C22H23BrN2O5S. The summed E-state index contributed by atoms with van der Waals surface area (Å²) in [5.41, 5.74) is 2.31. The van der Waals surface area contributed by atoms with Crippen LogP contribution in [-0.4, -0.2) is 20.4 Å². The van der Waals surface area contributed by atoms with Gasteiger partial charge in [0.15, 0.2) is 6.10 Å². The molecule has 0 aliphatic heterocycles. The van der Waals surface area contributed by atoms with Crippen LogP contribution >= 0.6 is 15.9 Å². The third kappa shape index (κ3) is 5.96. The van der Waals surface area contributed by atoms with Gasteiger partial charge in [0, 0.05) is 10.2 Å². The molecule has 0 fully saturated rings. The van der Waals surface area contributed by atoms with Crippen LogP contribution in [-0.2, 0) is 21.4 Å². The quantitative estimate of drug-likeness (QED) is 0.467. The van der Waals surface area contributed by atoms with Gasteiger partial charge in [-0.25, -0.2) is 13.1 Å². The van der Waals surface area contributed by atoms with E-state index < -0.39 is 16.1 Å². The minimum atomic E-state index is -3.70. The van der Waals surface area contributed by atoms with Crippen molar-refractivity contribution in [2.24, 2.45) is 0 Å². The molecule has 1 aromatic heterocycles. The normalized spacial score (nSPS) is 12.4. The van der Waals surface area contributed by atoms with Crippen LogP contribution in [0.25, 0.3) is 0 Å². The summed E-state index contributed by atoms with van der Waals surface area (Å²) < 4.78 is 39.2. The predicted molar refractivity (Wildman–Crippen MR) is 122 cm³/mol. The van der Waals surface area contributed by atoms with E-state index in [9.17, 15) is 13.2 Å². The highest BCUT2D eigenvalue weighted by atomic mass is 79.9. The Labute approximate surface area is 190 Å². The Morgan fingerprint density at radius 2 is 1.77 bits per heavy atom. The molecule has 0 aliphatic carbocycles. The van der Waals surface area contributed by atoms with Crippen molar-refractivity contribution in [1.29, 1.82) is 0 Å². The number of hydrogen-bond acceptors (Lipinski definition) is 5. The van der Waals surface area contributed by atoms with Crippen LogP contribution < -0.4 is 14.8 Å². The van der Waals surface area contributed by atoms with Crippen molar-refractivity contribution in [3.05, 3.63) is 76.2 Å². The monoisotopic (exact) mass is 506 g/mol. The third-order valence-corrected chi connectivity index (χ3v) is 6.41. The van der Waals surface area contributed by atoms with Gasteiger partial charge in [0.05, 0.1) is 17.7 Å². The Balaban J connectivity index is 1.62. The van der Waals surface area contributed by atoms with Crippen molar-refractivity contribution in [2.75, 3.05) is 5.32 Å². The zero-order chi connectivity index (χ0) is 22.6. The van der Waals surface area contributed by atoms with Gasteiger partial charge in [-0.3, -0.25) is 4.79 Å². The fraction of sp³-hybridized carbons (Fsp3) is 0.227. The standard InChI is InChI=1S/C22H23BrN2O5S/c1-14-11-17(23)12-15(2)21(14)30-16(3)22(26)25-18-6-8-20(9-7-18)31(27,28)24-13-19-5-4-10-29-19/h4-12,16,24H,13H2,1-3H3,(H,25,26). The first-order chi connectivity index (χ1) is 14.7. The third-order valence-electron chi connectivity index (χ3n) is 4.54. The molecule has 9 heteroatoms. The molecule has 0 saturated heterocycles. The highest BCUT2D eigenvalue weighted by Crippen LogP contribution is 2.28. The Morgan fingerprint density at radius 1 is 1.13 bits per heavy atom. The lowest BCUT2D eigenvalue weighted by atomic mass is 10.1. The van der Waals surface area contributed by atoms with Crippen molar-refractivity contribution in [3.63, 3.8) is 0 Å². The number of amides is 1. The van der Waals surface area contributed by atoms with E-state index in [-0.39, 0.29) is 17.3 Å². The molecule has 0 bridgehead atoms. The van der Waals surface area contributed by atoms with E-state index in [0.717, 1.165) is 15.6 Å². The van der Waals surface area contributed by atoms with Crippen molar-refractivity contribution in [2.45, 2.75) is 38.3 Å². The van der Waals surface area contributed by atoms with Gasteiger partial charge in [-0.1, -0.05) is 15.9 Å². The first-order valence-electron chi connectivity index (χ1n) is 9.52. The minimum absolute atomic E-state index is 0.0531. The van der Waals surface area contributed by atoms with Crippen LogP contribution in [0.15, 0.2) is 68.6 Å². The molecule has 0 aliphatic rings. The van der Waals surface area contributed by atoms with Crippen LogP contribution in [0.2, 0.25) is 0 Å². The largest absolute Gasteiger partial charge is 0.480 e. The number of carbonyl (C=O) groups excluding carboxylic acids is 1. The number of anilines is 1. The van der Waals surface area contributed by atoms with Crippen molar-refractivity contribution >= 4 is 37.5 Å². The molecule has 164 valence electrons. The lowest BCUT2D eigenvalue weighted by molar-refractivity contribution is -0.122. The molecular weight excluding hydrogens is 484 g/mol. The van der Waals surface area contributed by atoms with Crippen LogP contribution in [0, 0.1) is 13.8 Å². The first kappa shape index (κ1) is 23.1. The second kappa shape index (κ2) is 9.67. The van der Waals surface area contributed by atoms with Crippen LogP contribution in [0.1, 0.15) is 23.8 Å². The molecule has 31 heavy (non-hydrogen) atoms. The average molecular weight is 507 g/mol. The zero-order valence-corrected chi connectivity index (χ0v) is 19.7. The Morgan fingerprint density at radius 3 is 2.35 bits per heavy atom. The van der Waals surface area contributed by atoms with Crippen molar-refractivity contribution < 1.29 is 22.4 Å². The van der Waals surface area contributed by atoms with Crippen molar-refractivity contribution in [3.8, 4) is 5.75 Å². The SMILES string of the molecule is Cc1cc(Br)cc(C)c1OC(C)C(=O)Nc1ccc(S(=O)(=O)NCc2ccco2)cc1. The fourth-order valence-corrected chi connectivity index (χ4v) is 4.62. The second-order valence-corrected chi connectivity index (χ2v) is 9.73. The molecule has 1 unspecified atom stereocenters. The molecule has 0 spiro atoms. The number of nitrogens with one attached hydrogen (secondary N) is 2. The predicted octanol–water partition coefficient (Wildman–Crippen LogP) is 4.54. The highest BCUT2D eigenvalue weighted by molar-refractivity contribution is 9.10. The maximum Gasteiger partial charge on any atom is 0.265 e. The number of halogens is 1. The van der Waals surface area contributed by atoms with Gasteiger partial charge in [0.1, 0.15) is 11.5 Å². The fourth-order valence-electron chi connectivity index (χ4n) is 2.94. The second-order valence-electron chi connectivity index (χ2n) is 7.05. The number of benzene rings is 2. The van der Waals surface area contributed by atoms with Gasteiger partial charge < -0.3 is 14.5 Å². The van der Waals surface area contributed by atoms with Crippen LogP contribution in [0.4, 0.5) is 5.69 Å². The molecule has 7 nitrogen and oxygen atoms in total. The van der Waals surface area contributed by atoms with Gasteiger partial charge in [-0.15, -0.1) is 0 Å². The van der Waals surface area contributed by atoms with Gasteiger partial charge in [0.2, 0.25) is 10.0 Å². The molecule has 0 radical (unpaired) electrons. The number of furan rings is 1. The molecule has 1 heterocycles. The first-order valence-corrected chi connectivity index (χ1v) is 11.8. The summed E-state index contributed by atoms with van der Waals surface area (Å²) in [7, 11) is -3.70. The average Bonchev–Trinajstić information content (AvgIpc) is 3.23. The lowest BCUT2D eigenvalue weighted by Gasteiger charge is -2.18. The molecule has 0 saturated carbocycles. The van der Waals surface area contributed by atoms with E-state index in [1.165, 1.54) is 30.5 Å². The summed E-state index contributed by atoms with van der Waals surface area (Å²) in [6.07, 6.45) is 0.738. The summed E-state index contributed by atoms with van der Waals surface area (Å²) in [6, 6.07) is 13.1. The number of aryl methyl sites for hydroxylation is 2. The molecule has 2 aromatic carbocycles. The van der Waals surface area contributed by atoms with E-state index in [0.29, 0.717) is 17.2 Å². The van der Waals surface area contributed by atoms with E-state index in [4.69, 9.17) is 9.15 Å². The summed E-state index contributed by atoms with van der Waals surface area (Å²) in [6.45, 7) is 5.54. The maximum atomic E-state index is 12.5. The minimum Gasteiger partial charge on any atom is -0.480 e. The van der Waals surface area contributed by atoms with Gasteiger partial charge in [-0.05, 0) is 80.4 Å². The summed E-state index contributed by atoms with van der Waals surface area (Å²) in [4.78, 5) is 12.6. The maximum absolute atomic E-state index is 12.5. The topological polar surface area (TPSA) is 97.6 Å².